The number of hydrogen-bond donors (Lipinski definition) is 1. The first-order chi connectivity index (χ1) is 15.0. The number of carbonyl (C=O) groups is 2. The third-order valence-corrected chi connectivity index (χ3v) is 4.67. The molecular weight excluding hydrogens is 522 g/mol. The molecule has 0 aromatic carbocycles. The van der Waals surface area contributed by atoms with Crippen LogP contribution in [0.3, 0.4) is 0 Å². The molecular formula is C19H13CoN6NaO4S2. The molecule has 1 radical (unpaired) electrons. The molecule has 0 saturated heterocycles. The number of allylic oxidation sites excluding steroid dienone is 6. The van der Waals surface area contributed by atoms with Crippen molar-refractivity contribution in [1.29, 1.82) is 0 Å². The summed E-state index contributed by atoms with van der Waals surface area (Å²) in [5.41, 5.74) is 0.703. The van der Waals surface area contributed by atoms with Gasteiger partial charge in [-0.05, 0) is 35.1 Å². The van der Waals surface area contributed by atoms with Crippen molar-refractivity contribution in [3.63, 3.8) is 0 Å². The van der Waals surface area contributed by atoms with Crippen LogP contribution in [0.5, 0.6) is 0 Å². The molecule has 33 heavy (non-hydrogen) atoms. The topological polar surface area (TPSA) is 141 Å². The molecule has 2 aliphatic carbocycles. The van der Waals surface area contributed by atoms with Crippen molar-refractivity contribution in [2.75, 3.05) is 0 Å². The average Bonchev–Trinajstić information content (AvgIpc) is 3.47. The number of aliphatic hydroxyl groups is 1. The van der Waals surface area contributed by atoms with E-state index in [0.29, 0.717) is 21.1 Å². The molecule has 0 spiro atoms. The van der Waals surface area contributed by atoms with E-state index >= 15 is 0 Å². The van der Waals surface area contributed by atoms with Gasteiger partial charge in [0.15, 0.2) is 11.6 Å². The number of hydrogen-bond acceptors (Lipinski definition) is 10. The normalized spacial score (nSPS) is 18.2. The van der Waals surface area contributed by atoms with Crippen LogP contribution < -0.4 is 49.1 Å². The van der Waals surface area contributed by atoms with E-state index in [0.717, 1.165) is 6.08 Å². The molecule has 165 valence electrons. The van der Waals surface area contributed by atoms with E-state index in [1.807, 2.05) is 0 Å². The van der Waals surface area contributed by atoms with Crippen molar-refractivity contribution < 1.29 is 65.8 Å². The van der Waals surface area contributed by atoms with Gasteiger partial charge in [0.05, 0.1) is 0 Å². The van der Waals surface area contributed by atoms with E-state index in [1.165, 1.54) is 53.1 Å². The second-order valence-corrected chi connectivity index (χ2v) is 7.20. The molecule has 4 rings (SSSR count). The molecule has 0 fully saturated rings. The van der Waals surface area contributed by atoms with Crippen LogP contribution in [0.2, 0.25) is 0 Å². The average molecular weight is 535 g/mol. The van der Waals surface area contributed by atoms with Crippen molar-refractivity contribution >= 4 is 45.7 Å². The fraction of sp³-hybridized carbons (Fsp3) is 0. The van der Waals surface area contributed by atoms with Gasteiger partial charge in [0.25, 0.3) is 0 Å². The summed E-state index contributed by atoms with van der Waals surface area (Å²) in [6, 6.07) is 0. The number of aliphatic hydroxyl groups excluding tert-OH is 1. The summed E-state index contributed by atoms with van der Waals surface area (Å²) in [5, 5.41) is 28.3. The molecule has 14 heteroatoms. The number of carbonyl (C=O) groups excluding carboxylic acids is 2. The molecule has 2 heterocycles. The largest absolute Gasteiger partial charge is 2.00 e. The van der Waals surface area contributed by atoms with Crippen LogP contribution in [0.4, 0.5) is 0 Å². The van der Waals surface area contributed by atoms with Gasteiger partial charge in [-0.2, -0.15) is 29.8 Å². The zero-order valence-corrected chi connectivity index (χ0v) is 21.7. The van der Waals surface area contributed by atoms with Crippen molar-refractivity contribution in [2.45, 2.75) is 0 Å². The molecule has 0 saturated carbocycles. The zero-order valence-electron chi connectivity index (χ0n) is 17.0. The van der Waals surface area contributed by atoms with Crippen LogP contribution in [0.1, 0.15) is 0 Å². The third kappa shape index (κ3) is 9.17. The molecule has 2 aromatic rings. The molecule has 10 nitrogen and oxygen atoms in total. The van der Waals surface area contributed by atoms with E-state index in [9.17, 15) is 14.7 Å². The summed E-state index contributed by atoms with van der Waals surface area (Å²) >= 11 is 2.71. The van der Waals surface area contributed by atoms with E-state index in [2.05, 4.69) is 37.5 Å². The van der Waals surface area contributed by atoms with Gasteiger partial charge in [0, 0.05) is 21.8 Å². The van der Waals surface area contributed by atoms with Gasteiger partial charge in [-0.3, -0.25) is 19.8 Å². The second kappa shape index (κ2) is 14.7. The molecule has 2 aromatic heterocycles. The maximum absolute atomic E-state index is 11.0. The monoisotopic (exact) mass is 535 g/mol. The number of ether oxygens (including phenoxy) is 1. The minimum atomic E-state index is -0.263. The molecule has 0 atom stereocenters. The van der Waals surface area contributed by atoms with Crippen LogP contribution in [0.15, 0.2) is 91.5 Å². The zero-order chi connectivity index (χ0) is 22.1. The van der Waals surface area contributed by atoms with Crippen molar-refractivity contribution in [1.82, 2.24) is 9.97 Å². The van der Waals surface area contributed by atoms with Crippen LogP contribution in [-0.2, 0) is 31.1 Å². The summed E-state index contributed by atoms with van der Waals surface area (Å²) < 4.78 is 4.78. The van der Waals surface area contributed by atoms with Crippen LogP contribution in [0, 0.1) is 7.11 Å². The van der Waals surface area contributed by atoms with Gasteiger partial charge in [0.1, 0.15) is 22.9 Å². The molecule has 0 amide bonds. The fourth-order valence-electron chi connectivity index (χ4n) is 2.00. The molecule has 0 aliphatic heterocycles. The SMILES string of the molecule is O=C1C=C/C(=N\N=c2/[n-]ccs2)C(O)=C1.[CH2-]OC1=CC(=O)C=C/C1=N\N=c1/[n-]ccs1.[Co+2].[Na+]. The fourth-order valence-corrected chi connectivity index (χ4v) is 2.91. The predicted molar refractivity (Wildman–Crippen MR) is 115 cm³/mol. The third-order valence-electron chi connectivity index (χ3n) is 3.36. The quantitative estimate of drug-likeness (QED) is 0.216. The van der Waals surface area contributed by atoms with E-state index in [4.69, 9.17) is 4.74 Å². The summed E-state index contributed by atoms with van der Waals surface area (Å²) in [6.45, 7) is 0. The van der Waals surface area contributed by atoms with Gasteiger partial charge >= 0.3 is 46.3 Å². The molecule has 0 bridgehead atoms. The van der Waals surface area contributed by atoms with Crippen LogP contribution in [0.25, 0.3) is 0 Å². The smallest absolute Gasteiger partial charge is 0.664 e. The Morgan fingerprint density at radius 2 is 1.33 bits per heavy atom. The standard InChI is InChI=1S/C10H8N3O2S.C9H7N3O2S.Co.Na/c1-15-9-6-7(14)2-3-8(9)12-13-10-11-4-5-16-10;13-6-1-2-7(8(14)5-6)11-12-9-10-3-4-15-9;;/h2-6H,1H2,(H,11,13,14);1-5H,(H2,10,12,13,14);;/q-1;;+2;+1/p-2. The van der Waals surface area contributed by atoms with Gasteiger partial charge in [0.2, 0.25) is 0 Å². The van der Waals surface area contributed by atoms with Gasteiger partial charge in [-0.15, -0.1) is 0 Å². The Morgan fingerprint density at radius 3 is 1.82 bits per heavy atom. The van der Waals surface area contributed by atoms with Crippen LogP contribution >= 0.6 is 22.7 Å². The Morgan fingerprint density at radius 1 is 0.818 bits per heavy atom. The first-order valence-electron chi connectivity index (χ1n) is 8.41. The predicted octanol–water partition coefficient (Wildman–Crippen LogP) is -1.66. The van der Waals surface area contributed by atoms with Gasteiger partial charge in [-0.1, -0.05) is 12.4 Å². The van der Waals surface area contributed by atoms with Gasteiger partial charge in [-0.25, -0.2) is 0 Å². The summed E-state index contributed by atoms with van der Waals surface area (Å²) in [6.07, 6.45) is 11.3. The van der Waals surface area contributed by atoms with Gasteiger partial charge < -0.3 is 30.0 Å². The van der Waals surface area contributed by atoms with Crippen molar-refractivity contribution in [2.24, 2.45) is 20.4 Å². The maximum atomic E-state index is 11.0. The van der Waals surface area contributed by atoms with Crippen LogP contribution in [-0.4, -0.2) is 28.1 Å². The Kier molecular flexibility index (Phi) is 12.8. The van der Waals surface area contributed by atoms with Crippen molar-refractivity contribution in [3.8, 4) is 0 Å². The molecule has 0 unspecified atom stereocenters. The number of nitrogens with zero attached hydrogens (tertiary/aromatic N) is 6. The van der Waals surface area contributed by atoms with E-state index < -0.39 is 0 Å². The Hall–Kier alpha value is -2.39. The maximum Gasteiger partial charge on any atom is 2.00 e. The Bertz CT molecular complexity index is 1260. The van der Waals surface area contributed by atoms with E-state index in [-0.39, 0.29) is 69.4 Å². The number of ketones is 2. The second-order valence-electron chi connectivity index (χ2n) is 5.45. The first kappa shape index (κ1) is 28.6. The van der Waals surface area contributed by atoms with Crippen molar-refractivity contribution in [3.05, 3.63) is 87.8 Å². The first-order valence-corrected chi connectivity index (χ1v) is 10.2. The molecule has 1 N–H and O–H groups in total. The summed E-state index contributed by atoms with van der Waals surface area (Å²) in [4.78, 5) is 30.8. The summed E-state index contributed by atoms with van der Waals surface area (Å²) in [7, 11) is 3.25. The van der Waals surface area contributed by atoms with E-state index in [1.54, 1.807) is 23.2 Å². The number of rotatable bonds is 3. The minimum Gasteiger partial charge on any atom is -0.664 e. The Labute approximate surface area is 228 Å². The number of thiazole rings is 2. The summed E-state index contributed by atoms with van der Waals surface area (Å²) in [5.74, 6) is -0.303. The minimum absolute atomic E-state index is 0. The molecule has 2 aliphatic rings. The Balaban J connectivity index is 0.000000312. The number of aromatic nitrogens is 2.